The Morgan fingerprint density at radius 3 is 2.36 bits per heavy atom. The van der Waals surface area contributed by atoms with Crippen molar-refractivity contribution in [2.75, 3.05) is 25.1 Å². The maximum absolute atomic E-state index is 13.6. The van der Waals surface area contributed by atoms with Gasteiger partial charge in [-0.2, -0.15) is 0 Å². The van der Waals surface area contributed by atoms with E-state index in [-0.39, 0.29) is 29.4 Å². The number of fused-ring (bicyclic) bond motifs is 1. The molecule has 0 aliphatic carbocycles. The molecule has 0 saturated heterocycles. The molecule has 1 aliphatic rings. The quantitative estimate of drug-likeness (QED) is 0.602. The fourth-order valence-corrected chi connectivity index (χ4v) is 4.55. The summed E-state index contributed by atoms with van der Waals surface area (Å²) in [6.45, 7) is 2.53. The molecule has 7 nitrogen and oxygen atoms in total. The molecule has 3 aromatic rings. The summed E-state index contributed by atoms with van der Waals surface area (Å²) in [5.74, 6) is 0.641. The highest BCUT2D eigenvalue weighted by Gasteiger charge is 2.34. The van der Waals surface area contributed by atoms with E-state index in [0.717, 1.165) is 16.8 Å². The van der Waals surface area contributed by atoms with Gasteiger partial charge in [-0.05, 0) is 49.4 Å². The topological polar surface area (TPSA) is 92.9 Å². The van der Waals surface area contributed by atoms with Crippen LogP contribution in [0.1, 0.15) is 30.1 Å². The summed E-state index contributed by atoms with van der Waals surface area (Å²) in [6.07, 6.45) is 0. The Hall–Kier alpha value is -3.20. The number of nitrogens with zero attached hydrogens (tertiary/aromatic N) is 2. The number of hydrogen-bond donors (Lipinski definition) is 1. The van der Waals surface area contributed by atoms with Crippen molar-refractivity contribution in [3.05, 3.63) is 90.0 Å². The molecule has 2 atom stereocenters. The largest absolute Gasteiger partial charge is 0.489 e. The highest BCUT2D eigenvalue weighted by molar-refractivity contribution is 7.89. The molecular weight excluding hydrogens is 438 g/mol. The van der Waals surface area contributed by atoms with Gasteiger partial charge in [0.2, 0.25) is 15.9 Å². The van der Waals surface area contributed by atoms with Gasteiger partial charge in [0.25, 0.3) is 0 Å². The van der Waals surface area contributed by atoms with Crippen molar-refractivity contribution >= 4 is 21.6 Å². The van der Waals surface area contributed by atoms with Crippen LogP contribution in [0.2, 0.25) is 0 Å². The molecule has 1 heterocycles. The molecule has 8 heteroatoms. The van der Waals surface area contributed by atoms with Gasteiger partial charge >= 0.3 is 0 Å². The Morgan fingerprint density at radius 1 is 1.06 bits per heavy atom. The number of sulfonamides is 1. The number of para-hydroxylation sites is 2. The van der Waals surface area contributed by atoms with Crippen molar-refractivity contribution in [2.45, 2.75) is 23.9 Å². The minimum Gasteiger partial charge on any atom is -0.489 e. The van der Waals surface area contributed by atoms with Crippen molar-refractivity contribution < 1.29 is 17.9 Å². The average Bonchev–Trinajstić information content (AvgIpc) is 2.82. The molecule has 0 spiro atoms. The lowest BCUT2D eigenvalue weighted by Crippen LogP contribution is -2.45. The number of primary sulfonamides is 1. The van der Waals surface area contributed by atoms with Crippen molar-refractivity contribution in [3.8, 4) is 5.75 Å². The van der Waals surface area contributed by atoms with Crippen LogP contribution in [-0.4, -0.2) is 39.4 Å². The second-order valence-electron chi connectivity index (χ2n) is 8.17. The number of benzene rings is 3. The van der Waals surface area contributed by atoms with E-state index in [0.29, 0.717) is 12.4 Å². The van der Waals surface area contributed by atoms with E-state index < -0.39 is 10.0 Å². The summed E-state index contributed by atoms with van der Waals surface area (Å²) < 4.78 is 29.0. The first-order chi connectivity index (χ1) is 15.8. The van der Waals surface area contributed by atoms with E-state index in [9.17, 15) is 13.2 Å². The molecule has 1 amide bonds. The normalized spacial score (nSPS) is 16.7. The number of carbonyl (C=O) groups excluding carboxylic acids is 1. The molecule has 1 aliphatic heterocycles. The zero-order valence-corrected chi connectivity index (χ0v) is 19.4. The number of anilines is 1. The lowest BCUT2D eigenvalue weighted by atomic mass is 10.0. The van der Waals surface area contributed by atoms with Gasteiger partial charge in [-0.1, -0.05) is 54.6 Å². The molecule has 172 valence electrons. The summed E-state index contributed by atoms with van der Waals surface area (Å²) in [5.41, 5.74) is 2.65. The highest BCUT2D eigenvalue weighted by Crippen LogP contribution is 2.39. The first-order valence-electron chi connectivity index (χ1n) is 10.7. The van der Waals surface area contributed by atoms with Gasteiger partial charge in [-0.25, -0.2) is 13.6 Å². The van der Waals surface area contributed by atoms with E-state index in [2.05, 4.69) is 0 Å². The molecule has 0 fully saturated rings. The summed E-state index contributed by atoms with van der Waals surface area (Å²) in [4.78, 5) is 17.4. The Balaban J connectivity index is 1.57. The molecule has 33 heavy (non-hydrogen) atoms. The lowest BCUT2D eigenvalue weighted by molar-refractivity contribution is -0.120. The molecule has 3 aromatic carbocycles. The van der Waals surface area contributed by atoms with Crippen molar-refractivity contribution in [3.63, 3.8) is 0 Å². The zero-order chi connectivity index (χ0) is 23.6. The Labute approximate surface area is 194 Å². The number of carbonyl (C=O) groups is 1. The van der Waals surface area contributed by atoms with Crippen molar-refractivity contribution in [1.82, 2.24) is 4.90 Å². The third-order valence-corrected chi connectivity index (χ3v) is 6.95. The van der Waals surface area contributed by atoms with Gasteiger partial charge in [0, 0.05) is 6.04 Å². The first-order valence-corrected chi connectivity index (χ1v) is 12.2. The number of rotatable bonds is 6. The van der Waals surface area contributed by atoms with Crippen molar-refractivity contribution in [1.29, 1.82) is 0 Å². The number of nitrogens with two attached hydrogens (primary N) is 1. The van der Waals surface area contributed by atoms with Gasteiger partial charge in [0.1, 0.15) is 12.4 Å². The molecule has 0 bridgehead atoms. The fourth-order valence-electron chi connectivity index (χ4n) is 4.03. The number of ether oxygens (including phenoxy) is 1. The SMILES string of the molecule is C[C@@H](c1ccc(S(N)(=O)=O)cc1)N(C)CC(=O)N1c2ccccc2OC[C@H]1c1ccccc1. The van der Waals surface area contributed by atoms with Crippen LogP contribution in [0.3, 0.4) is 0 Å². The second kappa shape index (κ2) is 9.35. The van der Waals surface area contributed by atoms with E-state index >= 15 is 0 Å². The smallest absolute Gasteiger partial charge is 0.241 e. The molecular formula is C25H27N3O4S. The zero-order valence-electron chi connectivity index (χ0n) is 18.6. The number of amides is 1. The summed E-state index contributed by atoms with van der Waals surface area (Å²) >= 11 is 0. The van der Waals surface area contributed by atoms with Crippen LogP contribution in [0.5, 0.6) is 5.75 Å². The van der Waals surface area contributed by atoms with E-state index in [1.807, 2.05) is 78.4 Å². The summed E-state index contributed by atoms with van der Waals surface area (Å²) in [6, 6.07) is 23.5. The maximum atomic E-state index is 13.6. The van der Waals surface area contributed by atoms with Crippen LogP contribution in [0.4, 0.5) is 5.69 Å². The summed E-state index contributed by atoms with van der Waals surface area (Å²) in [7, 11) is -1.87. The molecule has 2 N–H and O–H groups in total. The van der Waals surface area contributed by atoms with E-state index in [4.69, 9.17) is 9.88 Å². The molecule has 0 aromatic heterocycles. The van der Waals surface area contributed by atoms with Crippen LogP contribution in [0.25, 0.3) is 0 Å². The van der Waals surface area contributed by atoms with Gasteiger partial charge in [0.05, 0.1) is 23.2 Å². The van der Waals surface area contributed by atoms with Crippen LogP contribution in [-0.2, 0) is 14.8 Å². The monoisotopic (exact) mass is 465 g/mol. The van der Waals surface area contributed by atoms with Crippen LogP contribution < -0.4 is 14.8 Å². The third-order valence-electron chi connectivity index (χ3n) is 6.02. The number of hydrogen-bond acceptors (Lipinski definition) is 5. The molecule has 4 rings (SSSR count). The van der Waals surface area contributed by atoms with Crippen LogP contribution in [0.15, 0.2) is 83.8 Å². The Kier molecular flexibility index (Phi) is 6.51. The first kappa shape index (κ1) is 23.0. The van der Waals surface area contributed by atoms with Crippen LogP contribution >= 0.6 is 0 Å². The van der Waals surface area contributed by atoms with Gasteiger partial charge in [-0.3, -0.25) is 14.6 Å². The molecule has 0 saturated carbocycles. The second-order valence-corrected chi connectivity index (χ2v) is 9.74. The van der Waals surface area contributed by atoms with E-state index in [1.54, 1.807) is 12.1 Å². The third kappa shape index (κ3) is 4.93. The van der Waals surface area contributed by atoms with E-state index in [1.165, 1.54) is 12.1 Å². The van der Waals surface area contributed by atoms with Gasteiger partial charge in [0.15, 0.2) is 0 Å². The Bertz CT molecular complexity index is 1230. The predicted molar refractivity (Wildman–Crippen MR) is 127 cm³/mol. The minimum atomic E-state index is -3.75. The maximum Gasteiger partial charge on any atom is 0.241 e. The molecule has 0 radical (unpaired) electrons. The summed E-state index contributed by atoms with van der Waals surface area (Å²) in [5, 5.41) is 5.19. The van der Waals surface area contributed by atoms with Crippen LogP contribution in [0, 0.1) is 0 Å². The highest BCUT2D eigenvalue weighted by atomic mass is 32.2. The van der Waals surface area contributed by atoms with Gasteiger partial charge < -0.3 is 4.74 Å². The fraction of sp³-hybridized carbons (Fsp3) is 0.240. The minimum absolute atomic E-state index is 0.0462. The Morgan fingerprint density at radius 2 is 1.70 bits per heavy atom. The molecule has 0 unspecified atom stereocenters. The predicted octanol–water partition coefficient (Wildman–Crippen LogP) is 3.49. The van der Waals surface area contributed by atoms with Crippen molar-refractivity contribution in [2.24, 2.45) is 5.14 Å². The average molecular weight is 466 g/mol. The van der Waals surface area contributed by atoms with Gasteiger partial charge in [-0.15, -0.1) is 0 Å². The number of likely N-dealkylation sites (N-methyl/N-ethyl adjacent to an activating group) is 1. The standard InChI is InChI=1S/C25H27N3O4S/c1-18(19-12-14-21(15-13-19)33(26,30)31)27(2)16-25(29)28-22-10-6-7-11-24(22)32-17-23(28)20-8-4-3-5-9-20/h3-15,18,23H,16-17H2,1-2H3,(H2,26,30,31)/t18-,23-/m0/s1. The lowest BCUT2D eigenvalue weighted by Gasteiger charge is -2.38.